The van der Waals surface area contributed by atoms with Gasteiger partial charge in [-0.2, -0.15) is 12.6 Å². The van der Waals surface area contributed by atoms with Gasteiger partial charge in [0.25, 0.3) is 0 Å². The third kappa shape index (κ3) is 8.05. The van der Waals surface area contributed by atoms with Crippen molar-refractivity contribution in [3.05, 3.63) is 29.3 Å². The van der Waals surface area contributed by atoms with Gasteiger partial charge in [-0.1, -0.05) is 44.4 Å². The molecule has 1 aromatic rings. The second-order valence-corrected chi connectivity index (χ2v) is 11.0. The molecule has 0 radical (unpaired) electrons. The van der Waals surface area contributed by atoms with E-state index >= 15 is 0 Å². The number of alkyl carbamates (subject to hydrolysis) is 1. The molecule has 0 saturated heterocycles. The van der Waals surface area contributed by atoms with Crippen LogP contribution in [0.15, 0.2) is 18.2 Å². The Labute approximate surface area is 220 Å². The fourth-order valence-corrected chi connectivity index (χ4v) is 4.71. The minimum Gasteiger partial charge on any atom is -0.507 e. The summed E-state index contributed by atoms with van der Waals surface area (Å²) in [6.07, 6.45) is 4.83. The Morgan fingerprint density at radius 2 is 1.83 bits per heavy atom. The van der Waals surface area contributed by atoms with Crippen LogP contribution in [0.25, 0.3) is 0 Å². The largest absolute Gasteiger partial charge is 0.507 e. The van der Waals surface area contributed by atoms with Crippen molar-refractivity contribution in [3.63, 3.8) is 0 Å². The number of hydrogen-bond acceptors (Lipinski definition) is 6. The molecule has 3 atom stereocenters. The molecule has 1 saturated carbocycles. The van der Waals surface area contributed by atoms with Gasteiger partial charge in [-0.25, -0.2) is 4.79 Å². The molecule has 0 spiro atoms. The first kappa shape index (κ1) is 29.8. The number of aryl methyl sites for hydroxylation is 1. The average molecular weight is 522 g/mol. The van der Waals surface area contributed by atoms with Crippen molar-refractivity contribution in [2.24, 2.45) is 0 Å². The highest BCUT2D eigenvalue weighted by atomic mass is 32.1. The molecule has 3 N–H and O–H groups in total. The number of phenols is 1. The topological polar surface area (TPSA) is 108 Å². The number of rotatable bonds is 9. The van der Waals surface area contributed by atoms with E-state index in [1.165, 1.54) is 4.90 Å². The van der Waals surface area contributed by atoms with Crippen LogP contribution in [-0.4, -0.2) is 57.4 Å². The number of para-hydroxylation sites is 1. The Morgan fingerprint density at radius 1 is 1.19 bits per heavy atom. The van der Waals surface area contributed by atoms with Gasteiger partial charge in [0.05, 0.1) is 0 Å². The number of hydrogen-bond donors (Lipinski definition) is 4. The van der Waals surface area contributed by atoms with Gasteiger partial charge in [0.1, 0.15) is 23.4 Å². The molecule has 8 nitrogen and oxygen atoms in total. The fourth-order valence-electron chi connectivity index (χ4n) is 4.46. The van der Waals surface area contributed by atoms with Crippen LogP contribution < -0.4 is 10.6 Å². The van der Waals surface area contributed by atoms with E-state index in [-0.39, 0.29) is 29.5 Å². The minimum absolute atomic E-state index is 0.0156. The maximum atomic E-state index is 13.9. The number of carbonyl (C=O) groups excluding carboxylic acids is 3. The van der Waals surface area contributed by atoms with Crippen LogP contribution in [0.3, 0.4) is 0 Å². The van der Waals surface area contributed by atoms with Crippen molar-refractivity contribution in [2.45, 2.75) is 110 Å². The van der Waals surface area contributed by atoms with Crippen molar-refractivity contribution in [1.29, 1.82) is 0 Å². The molecule has 3 unspecified atom stereocenters. The van der Waals surface area contributed by atoms with Gasteiger partial charge in [0, 0.05) is 23.4 Å². The lowest BCUT2D eigenvalue weighted by Crippen LogP contribution is -2.56. The normalized spacial score (nSPS) is 17.0. The molecular formula is C27H43N3O5S. The summed E-state index contributed by atoms with van der Waals surface area (Å²) in [7, 11) is 0. The molecule has 9 heteroatoms. The number of phenolic OH excluding ortho intramolecular Hbond substituents is 1. The molecule has 1 aliphatic rings. The van der Waals surface area contributed by atoms with E-state index in [9.17, 15) is 19.5 Å². The van der Waals surface area contributed by atoms with Crippen molar-refractivity contribution < 1.29 is 24.2 Å². The van der Waals surface area contributed by atoms with Gasteiger partial charge in [-0.15, -0.1) is 0 Å². The van der Waals surface area contributed by atoms with Crippen LogP contribution in [-0.2, 0) is 14.3 Å². The van der Waals surface area contributed by atoms with E-state index < -0.39 is 29.7 Å². The van der Waals surface area contributed by atoms with Crippen LogP contribution >= 0.6 is 12.6 Å². The zero-order chi connectivity index (χ0) is 27.0. The zero-order valence-electron chi connectivity index (χ0n) is 22.5. The number of benzene rings is 1. The predicted octanol–water partition coefficient (Wildman–Crippen LogP) is 4.64. The van der Waals surface area contributed by atoms with Crippen molar-refractivity contribution in [1.82, 2.24) is 15.5 Å². The number of carbonyl (C=O) groups is 3. The monoisotopic (exact) mass is 521 g/mol. The number of ether oxygens (including phenoxy) is 1. The summed E-state index contributed by atoms with van der Waals surface area (Å²) in [4.78, 5) is 41.7. The zero-order valence-corrected chi connectivity index (χ0v) is 23.4. The summed E-state index contributed by atoms with van der Waals surface area (Å²) >= 11 is 4.32. The molecule has 0 bridgehead atoms. The van der Waals surface area contributed by atoms with Crippen molar-refractivity contribution in [3.8, 4) is 5.75 Å². The Bertz CT molecular complexity index is 911. The first-order chi connectivity index (χ1) is 16.9. The van der Waals surface area contributed by atoms with Crippen LogP contribution in [0.4, 0.5) is 4.79 Å². The summed E-state index contributed by atoms with van der Waals surface area (Å²) in [6, 6.07) is 2.76. The number of aromatic hydroxyl groups is 1. The summed E-state index contributed by atoms with van der Waals surface area (Å²) in [5, 5.41) is 16.7. The fraction of sp³-hybridized carbons (Fsp3) is 0.667. The van der Waals surface area contributed by atoms with E-state index in [0.717, 1.165) is 32.1 Å². The molecule has 0 aromatic heterocycles. The lowest BCUT2D eigenvalue weighted by molar-refractivity contribution is -0.145. The van der Waals surface area contributed by atoms with Crippen molar-refractivity contribution in [2.75, 3.05) is 5.75 Å². The first-order valence-electron chi connectivity index (χ1n) is 12.9. The smallest absolute Gasteiger partial charge is 0.408 e. The summed E-state index contributed by atoms with van der Waals surface area (Å²) in [5.74, 6) is -0.812. The predicted molar refractivity (Wildman–Crippen MR) is 144 cm³/mol. The van der Waals surface area contributed by atoms with E-state index in [1.807, 2.05) is 13.8 Å². The highest BCUT2D eigenvalue weighted by Crippen LogP contribution is 2.34. The molecule has 1 aliphatic carbocycles. The molecule has 2 rings (SSSR count). The van der Waals surface area contributed by atoms with Crippen LogP contribution in [0, 0.1) is 6.92 Å². The van der Waals surface area contributed by atoms with E-state index in [0.29, 0.717) is 17.5 Å². The second kappa shape index (κ2) is 13.2. The number of amides is 3. The van der Waals surface area contributed by atoms with Gasteiger partial charge >= 0.3 is 6.09 Å². The number of nitrogens with one attached hydrogen (secondary N) is 2. The minimum atomic E-state index is -1.07. The second-order valence-electron chi connectivity index (χ2n) is 10.6. The molecule has 0 aliphatic heterocycles. The van der Waals surface area contributed by atoms with Gasteiger partial charge < -0.3 is 25.4 Å². The molecule has 1 aromatic carbocycles. The van der Waals surface area contributed by atoms with E-state index in [1.54, 1.807) is 45.9 Å². The van der Waals surface area contributed by atoms with Crippen molar-refractivity contribution >= 4 is 30.5 Å². The van der Waals surface area contributed by atoms with Gasteiger partial charge in [-0.3, -0.25) is 9.59 Å². The molecule has 0 heterocycles. The Hall–Kier alpha value is -2.42. The Kier molecular flexibility index (Phi) is 10.9. The summed E-state index contributed by atoms with van der Waals surface area (Å²) in [5.41, 5.74) is 0.227. The highest BCUT2D eigenvalue weighted by molar-refractivity contribution is 7.80. The summed E-state index contributed by atoms with van der Waals surface area (Å²) < 4.78 is 5.34. The first-order valence-corrected chi connectivity index (χ1v) is 13.5. The standard InChI is InChI=1S/C27H43N3O5S/c1-7-18(3)30(25(33)21(16-36)29-26(34)35-27(4,5)6)22(20-15-11-12-17(2)23(20)31)24(32)28-19-13-9-8-10-14-19/h11-12,15,18-19,21-22,31,36H,7-10,13-14,16H2,1-6H3,(H,28,32)(H,29,34). The molecular weight excluding hydrogens is 478 g/mol. The third-order valence-corrected chi connectivity index (χ3v) is 6.90. The SMILES string of the molecule is CCC(C)N(C(=O)C(CS)NC(=O)OC(C)(C)C)C(C(=O)NC1CCCCC1)c1cccc(C)c1O. The van der Waals surface area contributed by atoms with Crippen LogP contribution in [0.1, 0.15) is 90.3 Å². The van der Waals surface area contributed by atoms with E-state index in [2.05, 4.69) is 23.3 Å². The molecule has 1 fully saturated rings. The maximum absolute atomic E-state index is 13.9. The molecule has 202 valence electrons. The lowest BCUT2D eigenvalue weighted by Gasteiger charge is -2.39. The maximum Gasteiger partial charge on any atom is 0.408 e. The van der Waals surface area contributed by atoms with Gasteiger partial charge in [0.15, 0.2) is 0 Å². The van der Waals surface area contributed by atoms with Gasteiger partial charge in [0.2, 0.25) is 11.8 Å². The van der Waals surface area contributed by atoms with Crippen LogP contribution in [0.2, 0.25) is 0 Å². The quantitative estimate of drug-likeness (QED) is 0.354. The average Bonchev–Trinajstić information content (AvgIpc) is 2.81. The third-order valence-electron chi connectivity index (χ3n) is 6.53. The summed E-state index contributed by atoms with van der Waals surface area (Å²) in [6.45, 7) is 10.7. The number of nitrogens with zero attached hydrogens (tertiary/aromatic N) is 1. The van der Waals surface area contributed by atoms with Crippen LogP contribution in [0.5, 0.6) is 5.75 Å². The Morgan fingerprint density at radius 3 is 2.39 bits per heavy atom. The Balaban J connectivity index is 2.48. The number of thiol groups is 1. The lowest BCUT2D eigenvalue weighted by atomic mass is 9.93. The molecule has 3 amide bonds. The highest BCUT2D eigenvalue weighted by Gasteiger charge is 2.40. The van der Waals surface area contributed by atoms with Gasteiger partial charge in [-0.05, 0) is 59.4 Å². The van der Waals surface area contributed by atoms with E-state index in [4.69, 9.17) is 4.74 Å². The molecule has 36 heavy (non-hydrogen) atoms.